The van der Waals surface area contributed by atoms with Crippen LogP contribution in [0.15, 0.2) is 64.8 Å². The number of allylic oxidation sites excluding steroid dienone is 1. The van der Waals surface area contributed by atoms with E-state index in [0.717, 1.165) is 16.8 Å². The van der Waals surface area contributed by atoms with Crippen LogP contribution in [0.25, 0.3) is 0 Å². The normalized spacial score (nSPS) is 18.8. The Morgan fingerprint density at radius 1 is 1.18 bits per heavy atom. The summed E-state index contributed by atoms with van der Waals surface area (Å²) in [6, 6.07) is 14.3. The van der Waals surface area contributed by atoms with Crippen molar-refractivity contribution in [1.82, 2.24) is 4.90 Å². The summed E-state index contributed by atoms with van der Waals surface area (Å²) in [5, 5.41) is 4.21. The van der Waals surface area contributed by atoms with E-state index in [4.69, 9.17) is 11.6 Å². The third-order valence-corrected chi connectivity index (χ3v) is 6.00. The number of nitrogens with one attached hydrogen (secondary N) is 1. The van der Waals surface area contributed by atoms with E-state index in [1.54, 1.807) is 17.0 Å². The first-order valence-corrected chi connectivity index (χ1v) is 10.2. The summed E-state index contributed by atoms with van der Waals surface area (Å²) in [6.07, 6.45) is 0. The Balaban J connectivity index is 1.78. The molecule has 0 saturated carbocycles. The zero-order chi connectivity index (χ0) is 19.8. The van der Waals surface area contributed by atoms with Gasteiger partial charge in [-0.05, 0) is 43.2 Å². The Morgan fingerprint density at radius 3 is 2.61 bits per heavy atom. The number of carbonyl (C=O) groups is 2. The maximum atomic E-state index is 13.3. The highest BCUT2D eigenvalue weighted by Gasteiger charge is 2.42. The quantitative estimate of drug-likeness (QED) is 0.806. The Labute approximate surface area is 172 Å². The number of thioether (sulfide) groups is 1. The van der Waals surface area contributed by atoms with Crippen LogP contribution in [0.5, 0.6) is 0 Å². The van der Waals surface area contributed by atoms with Crippen LogP contribution in [0.4, 0.5) is 5.69 Å². The van der Waals surface area contributed by atoms with E-state index in [-0.39, 0.29) is 11.8 Å². The van der Waals surface area contributed by atoms with Gasteiger partial charge in [-0.3, -0.25) is 14.5 Å². The van der Waals surface area contributed by atoms with Crippen molar-refractivity contribution >= 4 is 46.0 Å². The van der Waals surface area contributed by atoms with E-state index in [9.17, 15) is 9.59 Å². The monoisotopic (exact) mass is 411 g/mol. The summed E-state index contributed by atoms with van der Waals surface area (Å²) in [7, 11) is 0. The van der Waals surface area contributed by atoms with Gasteiger partial charge in [-0.1, -0.05) is 53.7 Å². The number of nitrogens with zero attached hydrogens (tertiary/aromatic N) is 2. The number of amidine groups is 1. The van der Waals surface area contributed by atoms with Crippen LogP contribution in [0, 0.1) is 6.92 Å². The average Bonchev–Trinajstić information content (AvgIpc) is 3.03. The second-order valence-electron chi connectivity index (χ2n) is 6.67. The first kappa shape index (κ1) is 18.8. The number of amides is 2. The Morgan fingerprint density at radius 2 is 1.89 bits per heavy atom. The minimum absolute atomic E-state index is 0.0580. The number of aliphatic imine (C=N–C) groups is 1. The molecule has 0 unspecified atom stereocenters. The van der Waals surface area contributed by atoms with E-state index in [0.29, 0.717) is 27.2 Å². The maximum absolute atomic E-state index is 13.3. The van der Waals surface area contributed by atoms with Crippen molar-refractivity contribution < 1.29 is 9.59 Å². The number of fused-ring (bicyclic) bond motifs is 1. The van der Waals surface area contributed by atoms with Crippen molar-refractivity contribution in [1.29, 1.82) is 0 Å². The van der Waals surface area contributed by atoms with Gasteiger partial charge in [0.1, 0.15) is 0 Å². The van der Waals surface area contributed by atoms with Crippen LogP contribution >= 0.6 is 23.4 Å². The summed E-state index contributed by atoms with van der Waals surface area (Å²) in [4.78, 5) is 32.0. The van der Waals surface area contributed by atoms with E-state index in [1.807, 2.05) is 50.2 Å². The second kappa shape index (κ2) is 7.45. The van der Waals surface area contributed by atoms with Gasteiger partial charge in [-0.15, -0.1) is 0 Å². The van der Waals surface area contributed by atoms with E-state index >= 15 is 0 Å². The van der Waals surface area contributed by atoms with Gasteiger partial charge >= 0.3 is 0 Å². The molecule has 2 aliphatic heterocycles. The fraction of sp³-hybridized carbons (Fsp3) is 0.190. The molecule has 2 amide bonds. The van der Waals surface area contributed by atoms with Gasteiger partial charge in [-0.25, -0.2) is 4.99 Å². The Kier molecular flexibility index (Phi) is 5.00. The minimum atomic E-state index is -0.531. The number of hydrogen-bond donors (Lipinski definition) is 1. The molecule has 0 aromatic heterocycles. The van der Waals surface area contributed by atoms with Crippen LogP contribution in [-0.2, 0) is 9.59 Å². The van der Waals surface area contributed by atoms with Gasteiger partial charge in [0.15, 0.2) is 5.17 Å². The van der Waals surface area contributed by atoms with Crippen molar-refractivity contribution in [2.45, 2.75) is 19.9 Å². The molecule has 1 fully saturated rings. The molecule has 1 N–H and O–H groups in total. The smallest absolute Gasteiger partial charge is 0.255 e. The molecule has 7 heteroatoms. The summed E-state index contributed by atoms with van der Waals surface area (Å²) < 4.78 is 0. The molecule has 1 atom stereocenters. The molecule has 2 aromatic rings. The van der Waals surface area contributed by atoms with Gasteiger partial charge < -0.3 is 5.32 Å². The van der Waals surface area contributed by atoms with Gasteiger partial charge in [0.25, 0.3) is 5.91 Å². The maximum Gasteiger partial charge on any atom is 0.255 e. The highest BCUT2D eigenvalue weighted by molar-refractivity contribution is 8.15. The van der Waals surface area contributed by atoms with Crippen LogP contribution in [-0.4, -0.2) is 27.6 Å². The zero-order valence-electron chi connectivity index (χ0n) is 15.4. The summed E-state index contributed by atoms with van der Waals surface area (Å²) in [5.74, 6) is -0.000237. The fourth-order valence-electron chi connectivity index (χ4n) is 3.40. The molecule has 0 aliphatic carbocycles. The van der Waals surface area contributed by atoms with Gasteiger partial charge in [0.2, 0.25) is 5.91 Å². The SMILES string of the molecule is CC1=C(C(=O)Nc2ccccc2C)[C@H](c2ccc(Cl)cc2)N2C(=O)CSC2=N1. The molecule has 28 heavy (non-hydrogen) atoms. The first-order valence-electron chi connectivity index (χ1n) is 8.82. The first-order chi connectivity index (χ1) is 13.5. The van der Waals surface area contributed by atoms with Gasteiger partial charge in [-0.2, -0.15) is 0 Å². The molecular formula is C21H18ClN3O2S. The zero-order valence-corrected chi connectivity index (χ0v) is 17.0. The predicted octanol–water partition coefficient (Wildman–Crippen LogP) is 4.55. The molecular weight excluding hydrogens is 394 g/mol. The van der Waals surface area contributed by atoms with Crippen LogP contribution in [0.3, 0.4) is 0 Å². The average molecular weight is 412 g/mol. The van der Waals surface area contributed by atoms with E-state index < -0.39 is 6.04 Å². The highest BCUT2D eigenvalue weighted by Crippen LogP contribution is 2.41. The number of rotatable bonds is 3. The lowest BCUT2D eigenvalue weighted by Gasteiger charge is -2.33. The molecule has 0 spiro atoms. The van der Waals surface area contributed by atoms with Crippen LogP contribution in [0.2, 0.25) is 5.02 Å². The topological polar surface area (TPSA) is 61.8 Å². The molecule has 2 aliphatic rings. The van der Waals surface area contributed by atoms with Crippen molar-refractivity contribution in [3.63, 3.8) is 0 Å². The number of aryl methyl sites for hydroxylation is 1. The molecule has 142 valence electrons. The summed E-state index contributed by atoms with van der Waals surface area (Å²) in [5.41, 5.74) is 3.59. The Hall–Kier alpha value is -2.57. The predicted molar refractivity (Wildman–Crippen MR) is 113 cm³/mol. The summed E-state index contributed by atoms with van der Waals surface area (Å²) in [6.45, 7) is 3.74. The number of hydrogen-bond acceptors (Lipinski definition) is 4. The molecule has 5 nitrogen and oxygen atoms in total. The van der Waals surface area contributed by atoms with Crippen molar-refractivity contribution in [3.05, 3.63) is 76.0 Å². The largest absolute Gasteiger partial charge is 0.322 e. The van der Waals surface area contributed by atoms with Crippen molar-refractivity contribution in [2.75, 3.05) is 11.1 Å². The third kappa shape index (κ3) is 3.34. The lowest BCUT2D eigenvalue weighted by molar-refractivity contribution is -0.125. The number of halogens is 1. The van der Waals surface area contributed by atoms with E-state index in [1.165, 1.54) is 11.8 Å². The number of para-hydroxylation sites is 1. The molecule has 0 radical (unpaired) electrons. The Bertz CT molecular complexity index is 1030. The minimum Gasteiger partial charge on any atom is -0.322 e. The lowest BCUT2D eigenvalue weighted by Crippen LogP contribution is -2.40. The second-order valence-corrected chi connectivity index (χ2v) is 8.05. The lowest BCUT2D eigenvalue weighted by atomic mass is 9.93. The number of carbonyl (C=O) groups excluding carboxylic acids is 2. The number of anilines is 1. The van der Waals surface area contributed by atoms with Gasteiger partial charge in [0, 0.05) is 10.7 Å². The standard InChI is InChI=1S/C21H18ClN3O2S/c1-12-5-3-4-6-16(12)24-20(27)18-13(2)23-21-25(17(26)11-28-21)19(18)14-7-9-15(22)10-8-14/h3-10,19H,11H2,1-2H3,(H,24,27)/t19-/m0/s1. The van der Waals surface area contributed by atoms with Crippen LogP contribution < -0.4 is 5.32 Å². The van der Waals surface area contributed by atoms with Crippen molar-refractivity contribution in [3.8, 4) is 0 Å². The fourth-order valence-corrected chi connectivity index (χ4v) is 4.46. The molecule has 2 aromatic carbocycles. The molecule has 1 saturated heterocycles. The highest BCUT2D eigenvalue weighted by atomic mass is 35.5. The molecule has 4 rings (SSSR count). The molecule has 0 bridgehead atoms. The summed E-state index contributed by atoms with van der Waals surface area (Å²) >= 11 is 7.44. The van der Waals surface area contributed by atoms with Crippen LogP contribution in [0.1, 0.15) is 24.1 Å². The third-order valence-electron chi connectivity index (χ3n) is 4.81. The van der Waals surface area contributed by atoms with E-state index in [2.05, 4.69) is 10.3 Å². The number of benzene rings is 2. The van der Waals surface area contributed by atoms with Gasteiger partial charge in [0.05, 0.1) is 23.1 Å². The molecule has 2 heterocycles. The van der Waals surface area contributed by atoms with Crippen molar-refractivity contribution in [2.24, 2.45) is 4.99 Å².